The minimum atomic E-state index is -3.45. The number of aryl methyl sites for hydroxylation is 1. The summed E-state index contributed by atoms with van der Waals surface area (Å²) in [6.45, 7) is 2.24. The Kier molecular flexibility index (Phi) is 7.38. The van der Waals surface area contributed by atoms with Gasteiger partial charge in [-0.25, -0.2) is 21.6 Å². The Labute approximate surface area is 151 Å². The quantitative estimate of drug-likeness (QED) is 0.648. The lowest BCUT2D eigenvalue weighted by atomic mass is 10.1. The smallest absolute Gasteiger partial charge is 0.215 e. The van der Waals surface area contributed by atoms with Crippen LogP contribution in [-0.2, 0) is 26.5 Å². The zero-order valence-corrected chi connectivity index (χ0v) is 16.2. The van der Waals surface area contributed by atoms with Crippen molar-refractivity contribution in [2.45, 2.75) is 12.8 Å². The molecule has 0 unspecified atom stereocenters. The van der Waals surface area contributed by atoms with Gasteiger partial charge < -0.3 is 4.90 Å². The standard InChI is InChI=1S/C16H27N3O4S2/c1-18-10-12-19(13-11-18)25(22,23)15-9-17-24(20,21)14-5-8-16-6-3-2-4-7-16/h2-4,6-7,17H,5,8-15H2,1H3. The van der Waals surface area contributed by atoms with Crippen molar-refractivity contribution >= 4 is 20.0 Å². The van der Waals surface area contributed by atoms with Crippen molar-refractivity contribution in [2.24, 2.45) is 0 Å². The first-order valence-electron chi connectivity index (χ1n) is 8.46. The number of piperazine rings is 1. The lowest BCUT2D eigenvalue weighted by Crippen LogP contribution is -2.48. The summed E-state index contributed by atoms with van der Waals surface area (Å²) in [4.78, 5) is 2.07. The molecule has 2 rings (SSSR count). The Morgan fingerprint density at radius 1 is 0.960 bits per heavy atom. The van der Waals surface area contributed by atoms with E-state index in [9.17, 15) is 16.8 Å². The number of benzene rings is 1. The van der Waals surface area contributed by atoms with Crippen molar-refractivity contribution in [3.8, 4) is 0 Å². The Morgan fingerprint density at radius 3 is 2.24 bits per heavy atom. The highest BCUT2D eigenvalue weighted by Gasteiger charge is 2.25. The molecule has 1 N–H and O–H groups in total. The molecule has 0 radical (unpaired) electrons. The van der Waals surface area contributed by atoms with Crippen LogP contribution in [0, 0.1) is 0 Å². The zero-order valence-electron chi connectivity index (χ0n) is 14.6. The molecule has 9 heteroatoms. The van der Waals surface area contributed by atoms with Gasteiger partial charge in [0.25, 0.3) is 0 Å². The Bertz CT molecular complexity index is 728. The molecule has 1 aromatic rings. The maximum Gasteiger partial charge on any atom is 0.215 e. The lowest BCUT2D eigenvalue weighted by Gasteiger charge is -2.31. The third-order valence-electron chi connectivity index (χ3n) is 4.26. The minimum absolute atomic E-state index is 0.00352. The van der Waals surface area contributed by atoms with Gasteiger partial charge in [0, 0.05) is 32.7 Å². The molecule has 1 heterocycles. The Morgan fingerprint density at radius 2 is 1.60 bits per heavy atom. The van der Waals surface area contributed by atoms with Crippen LogP contribution in [0.25, 0.3) is 0 Å². The maximum absolute atomic E-state index is 12.2. The third kappa shape index (κ3) is 7.02. The van der Waals surface area contributed by atoms with Crippen molar-refractivity contribution < 1.29 is 16.8 Å². The van der Waals surface area contributed by atoms with Crippen LogP contribution < -0.4 is 4.72 Å². The summed E-state index contributed by atoms with van der Waals surface area (Å²) in [6, 6.07) is 9.69. The molecule has 1 saturated heterocycles. The van der Waals surface area contributed by atoms with E-state index in [1.807, 2.05) is 37.4 Å². The van der Waals surface area contributed by atoms with E-state index in [2.05, 4.69) is 9.62 Å². The number of hydrogen-bond acceptors (Lipinski definition) is 5. The number of sulfonamides is 2. The number of nitrogens with one attached hydrogen (secondary N) is 1. The lowest BCUT2D eigenvalue weighted by molar-refractivity contribution is 0.222. The van der Waals surface area contributed by atoms with Crippen molar-refractivity contribution in [2.75, 3.05) is 51.3 Å². The summed E-state index contributed by atoms with van der Waals surface area (Å²) in [6.07, 6.45) is 1.19. The third-order valence-corrected chi connectivity index (χ3v) is 7.60. The van der Waals surface area contributed by atoms with Crippen LogP contribution in [0.3, 0.4) is 0 Å². The molecule has 7 nitrogen and oxygen atoms in total. The van der Waals surface area contributed by atoms with Gasteiger partial charge in [-0.3, -0.25) is 0 Å². The Balaban J connectivity index is 1.72. The predicted octanol–water partition coefficient (Wildman–Crippen LogP) is 0.116. The van der Waals surface area contributed by atoms with Crippen LogP contribution in [0.1, 0.15) is 12.0 Å². The molecule has 1 aromatic carbocycles. The van der Waals surface area contributed by atoms with E-state index >= 15 is 0 Å². The highest BCUT2D eigenvalue weighted by atomic mass is 32.2. The van der Waals surface area contributed by atoms with Gasteiger partial charge in [-0.15, -0.1) is 0 Å². The number of rotatable bonds is 9. The van der Waals surface area contributed by atoms with Gasteiger partial charge >= 0.3 is 0 Å². The summed E-state index contributed by atoms with van der Waals surface area (Å²) in [5.41, 5.74) is 1.09. The van der Waals surface area contributed by atoms with E-state index in [1.54, 1.807) is 0 Å². The molecule has 25 heavy (non-hydrogen) atoms. The van der Waals surface area contributed by atoms with Crippen molar-refractivity contribution in [3.63, 3.8) is 0 Å². The second-order valence-corrected chi connectivity index (χ2v) is 10.3. The first-order valence-corrected chi connectivity index (χ1v) is 11.7. The van der Waals surface area contributed by atoms with E-state index < -0.39 is 20.0 Å². The number of hydrogen-bond donors (Lipinski definition) is 1. The van der Waals surface area contributed by atoms with Crippen LogP contribution in [0.5, 0.6) is 0 Å². The molecule has 0 atom stereocenters. The zero-order chi connectivity index (χ0) is 18.3. The van der Waals surface area contributed by atoms with Crippen molar-refractivity contribution in [3.05, 3.63) is 35.9 Å². The maximum atomic E-state index is 12.2. The fourth-order valence-electron chi connectivity index (χ4n) is 2.70. The van der Waals surface area contributed by atoms with Gasteiger partial charge in [-0.05, 0) is 25.5 Å². The predicted molar refractivity (Wildman–Crippen MR) is 99.4 cm³/mol. The monoisotopic (exact) mass is 389 g/mol. The van der Waals surface area contributed by atoms with Crippen LogP contribution in [0.15, 0.2) is 30.3 Å². The van der Waals surface area contributed by atoms with Crippen molar-refractivity contribution in [1.82, 2.24) is 13.9 Å². The molecular formula is C16H27N3O4S2. The van der Waals surface area contributed by atoms with E-state index in [4.69, 9.17) is 0 Å². The first-order chi connectivity index (χ1) is 11.8. The van der Waals surface area contributed by atoms with Crippen LogP contribution in [-0.4, -0.2) is 77.3 Å². The molecule has 1 fully saturated rings. The molecule has 142 valence electrons. The fraction of sp³-hybridized carbons (Fsp3) is 0.625. The van der Waals surface area contributed by atoms with Gasteiger partial charge in [0.05, 0.1) is 11.5 Å². The highest BCUT2D eigenvalue weighted by molar-refractivity contribution is 7.90. The summed E-state index contributed by atoms with van der Waals surface area (Å²) < 4.78 is 52.3. The van der Waals surface area contributed by atoms with E-state index in [1.165, 1.54) is 4.31 Å². The van der Waals surface area contributed by atoms with Crippen LogP contribution in [0.4, 0.5) is 0 Å². The summed E-state index contributed by atoms with van der Waals surface area (Å²) in [7, 11) is -4.92. The average molecular weight is 390 g/mol. The number of nitrogens with zero attached hydrogens (tertiary/aromatic N) is 2. The van der Waals surface area contributed by atoms with Gasteiger partial charge in [0.1, 0.15) is 0 Å². The van der Waals surface area contributed by atoms with Gasteiger partial charge in [0.15, 0.2) is 0 Å². The largest absolute Gasteiger partial charge is 0.304 e. The van der Waals surface area contributed by atoms with Crippen LogP contribution in [0.2, 0.25) is 0 Å². The Hall–Kier alpha value is -1.00. The van der Waals surface area contributed by atoms with E-state index in [0.717, 1.165) is 5.56 Å². The number of likely N-dealkylation sites (N-methyl/N-ethyl adjacent to an activating group) is 1. The molecule has 0 bridgehead atoms. The highest BCUT2D eigenvalue weighted by Crippen LogP contribution is 2.07. The van der Waals surface area contributed by atoms with Crippen molar-refractivity contribution in [1.29, 1.82) is 0 Å². The molecule has 0 amide bonds. The molecule has 0 spiro atoms. The summed E-state index contributed by atoms with van der Waals surface area (Å²) in [5.74, 6) is -0.203. The molecule has 1 aliphatic heterocycles. The van der Waals surface area contributed by atoms with E-state index in [-0.39, 0.29) is 18.1 Å². The van der Waals surface area contributed by atoms with Gasteiger partial charge in [0.2, 0.25) is 20.0 Å². The molecule has 0 saturated carbocycles. The first kappa shape index (κ1) is 20.3. The van der Waals surface area contributed by atoms with Gasteiger partial charge in [-0.2, -0.15) is 4.31 Å². The van der Waals surface area contributed by atoms with Crippen LogP contribution >= 0.6 is 0 Å². The average Bonchev–Trinajstić information content (AvgIpc) is 2.55. The van der Waals surface area contributed by atoms with Gasteiger partial charge in [-0.1, -0.05) is 30.3 Å². The second kappa shape index (κ2) is 9.09. The minimum Gasteiger partial charge on any atom is -0.304 e. The molecule has 0 aliphatic carbocycles. The second-order valence-electron chi connectivity index (χ2n) is 6.32. The summed E-state index contributed by atoms with van der Waals surface area (Å²) >= 11 is 0. The molecule has 1 aliphatic rings. The summed E-state index contributed by atoms with van der Waals surface area (Å²) in [5, 5.41) is 0. The normalized spacial score (nSPS) is 17.6. The topological polar surface area (TPSA) is 86.8 Å². The van der Waals surface area contributed by atoms with E-state index in [0.29, 0.717) is 39.0 Å². The molecule has 0 aromatic heterocycles. The molecular weight excluding hydrogens is 362 g/mol. The SMILES string of the molecule is CN1CCN(S(=O)(=O)CCNS(=O)(=O)CCCc2ccccc2)CC1. The fourth-order valence-corrected chi connectivity index (χ4v) is 5.25.